The van der Waals surface area contributed by atoms with Crippen molar-refractivity contribution in [3.63, 3.8) is 0 Å². The van der Waals surface area contributed by atoms with Gasteiger partial charge in [-0.3, -0.25) is 9.69 Å². The normalized spacial score (nSPS) is 15.3. The molecule has 0 N–H and O–H groups in total. The predicted octanol–water partition coefficient (Wildman–Crippen LogP) is 6.32. The van der Waals surface area contributed by atoms with Gasteiger partial charge in [-0.25, -0.2) is 0 Å². The van der Waals surface area contributed by atoms with Gasteiger partial charge >= 0.3 is 0 Å². The summed E-state index contributed by atoms with van der Waals surface area (Å²) in [5.74, 6) is 1.98. The SMILES string of the molecule is COc1ccc(CN2C(=O)C(=Cc3ccc(-c4ccc(Cl)cc4C)o3)SC2=S)cc1. The lowest BCUT2D eigenvalue weighted by atomic mass is 10.1. The topological polar surface area (TPSA) is 42.7 Å². The smallest absolute Gasteiger partial charge is 0.266 e. The van der Waals surface area contributed by atoms with Gasteiger partial charge < -0.3 is 9.15 Å². The first-order valence-corrected chi connectivity index (χ1v) is 10.8. The standard InChI is InChI=1S/C23H18ClNO3S2/c1-14-11-16(24)5-9-19(14)20-10-8-18(28-20)12-21-22(26)25(23(29)30-21)13-15-3-6-17(27-2)7-4-15/h3-12H,13H2,1-2H3. The molecule has 0 unspecified atom stereocenters. The average molecular weight is 456 g/mol. The molecular weight excluding hydrogens is 438 g/mol. The lowest BCUT2D eigenvalue weighted by Crippen LogP contribution is -2.27. The van der Waals surface area contributed by atoms with Crippen molar-refractivity contribution in [3.8, 4) is 17.1 Å². The Bertz CT molecular complexity index is 1150. The molecule has 1 amide bonds. The Morgan fingerprint density at radius 2 is 1.93 bits per heavy atom. The maximum Gasteiger partial charge on any atom is 0.266 e. The number of benzene rings is 2. The highest BCUT2D eigenvalue weighted by Crippen LogP contribution is 2.35. The summed E-state index contributed by atoms with van der Waals surface area (Å²) in [6.07, 6.45) is 1.74. The molecule has 1 aromatic heterocycles. The van der Waals surface area contributed by atoms with Gasteiger partial charge in [0.25, 0.3) is 5.91 Å². The molecule has 3 aromatic rings. The molecule has 0 saturated carbocycles. The molecule has 7 heteroatoms. The van der Waals surface area contributed by atoms with Crippen molar-refractivity contribution in [1.82, 2.24) is 4.90 Å². The molecule has 152 valence electrons. The van der Waals surface area contributed by atoms with E-state index in [0.29, 0.717) is 26.6 Å². The Morgan fingerprint density at radius 1 is 1.17 bits per heavy atom. The maximum absolute atomic E-state index is 12.9. The maximum atomic E-state index is 12.9. The van der Waals surface area contributed by atoms with Crippen molar-refractivity contribution in [2.75, 3.05) is 7.11 Å². The molecule has 4 nitrogen and oxygen atoms in total. The number of thiocarbonyl (C=S) groups is 1. The van der Waals surface area contributed by atoms with Crippen molar-refractivity contribution in [3.05, 3.63) is 81.4 Å². The van der Waals surface area contributed by atoms with Crippen molar-refractivity contribution in [2.45, 2.75) is 13.5 Å². The van der Waals surface area contributed by atoms with E-state index in [1.807, 2.05) is 61.5 Å². The van der Waals surface area contributed by atoms with E-state index in [1.165, 1.54) is 11.8 Å². The van der Waals surface area contributed by atoms with Gasteiger partial charge in [0.05, 0.1) is 18.6 Å². The number of carbonyl (C=O) groups is 1. The summed E-state index contributed by atoms with van der Waals surface area (Å²) in [7, 11) is 1.62. The molecule has 2 aromatic carbocycles. The molecule has 0 atom stereocenters. The van der Waals surface area contributed by atoms with Gasteiger partial charge in [-0.15, -0.1) is 0 Å². The second-order valence-corrected chi connectivity index (χ2v) is 8.89. The van der Waals surface area contributed by atoms with Crippen LogP contribution >= 0.6 is 35.6 Å². The first-order chi connectivity index (χ1) is 14.4. The highest BCUT2D eigenvalue weighted by atomic mass is 35.5. The quantitative estimate of drug-likeness (QED) is 0.332. The number of methoxy groups -OCH3 is 1. The number of aryl methyl sites for hydroxylation is 1. The third-order valence-corrected chi connectivity index (χ3v) is 6.34. The third kappa shape index (κ3) is 4.31. The molecule has 1 aliphatic heterocycles. The lowest BCUT2D eigenvalue weighted by molar-refractivity contribution is -0.122. The van der Waals surface area contributed by atoms with Crippen LogP contribution in [-0.4, -0.2) is 22.2 Å². The van der Waals surface area contributed by atoms with Crippen molar-refractivity contribution >= 4 is 51.9 Å². The van der Waals surface area contributed by atoms with Gasteiger partial charge in [-0.2, -0.15) is 0 Å². The van der Waals surface area contributed by atoms with Gasteiger partial charge in [0, 0.05) is 16.7 Å². The summed E-state index contributed by atoms with van der Waals surface area (Å²) < 4.78 is 11.7. The van der Waals surface area contributed by atoms with E-state index in [1.54, 1.807) is 18.1 Å². The van der Waals surface area contributed by atoms with E-state index in [2.05, 4.69) is 0 Å². The van der Waals surface area contributed by atoms with E-state index >= 15 is 0 Å². The van der Waals surface area contributed by atoms with Crippen LogP contribution in [0.4, 0.5) is 0 Å². The molecule has 1 saturated heterocycles. The summed E-state index contributed by atoms with van der Waals surface area (Å²) in [6.45, 7) is 2.40. The zero-order valence-corrected chi connectivity index (χ0v) is 18.7. The van der Waals surface area contributed by atoms with Crippen molar-refractivity contribution in [2.24, 2.45) is 0 Å². The van der Waals surface area contributed by atoms with Crippen LogP contribution in [0, 0.1) is 6.92 Å². The molecule has 30 heavy (non-hydrogen) atoms. The van der Waals surface area contributed by atoms with E-state index in [0.717, 1.165) is 28.2 Å². The number of halogens is 1. The van der Waals surface area contributed by atoms with Gasteiger partial charge in [0.1, 0.15) is 21.6 Å². The molecule has 4 rings (SSSR count). The molecule has 0 spiro atoms. The number of amides is 1. The van der Waals surface area contributed by atoms with E-state index < -0.39 is 0 Å². The molecule has 0 bridgehead atoms. The van der Waals surface area contributed by atoms with Crippen LogP contribution in [0.5, 0.6) is 5.75 Å². The molecule has 2 heterocycles. The summed E-state index contributed by atoms with van der Waals surface area (Å²) in [4.78, 5) is 15.0. The number of carbonyl (C=O) groups excluding carboxylic acids is 1. The minimum atomic E-state index is -0.124. The zero-order chi connectivity index (χ0) is 21.3. The Kier molecular flexibility index (Phi) is 5.99. The summed E-state index contributed by atoms with van der Waals surface area (Å²) in [5, 5.41) is 0.684. The first kappa shape index (κ1) is 20.7. The Morgan fingerprint density at radius 3 is 2.63 bits per heavy atom. The number of thioether (sulfide) groups is 1. The molecular formula is C23H18ClNO3S2. The van der Waals surface area contributed by atoms with Crippen molar-refractivity contribution in [1.29, 1.82) is 0 Å². The van der Waals surface area contributed by atoms with Crippen LogP contribution in [0.2, 0.25) is 5.02 Å². The third-order valence-electron chi connectivity index (χ3n) is 4.73. The van der Waals surface area contributed by atoms with Gasteiger partial charge in [0.2, 0.25) is 0 Å². The van der Waals surface area contributed by atoms with Crippen LogP contribution in [0.3, 0.4) is 0 Å². The minimum Gasteiger partial charge on any atom is -0.497 e. The number of rotatable bonds is 5. The fraction of sp³-hybridized carbons (Fsp3) is 0.130. The monoisotopic (exact) mass is 455 g/mol. The predicted molar refractivity (Wildman–Crippen MR) is 126 cm³/mol. The molecule has 1 aliphatic rings. The fourth-order valence-corrected chi connectivity index (χ4v) is 4.62. The number of ether oxygens (including phenoxy) is 1. The lowest BCUT2D eigenvalue weighted by Gasteiger charge is -2.14. The van der Waals surface area contributed by atoms with Gasteiger partial charge in [-0.1, -0.05) is 47.7 Å². The number of furan rings is 1. The van der Waals surface area contributed by atoms with E-state index in [4.69, 9.17) is 33.0 Å². The zero-order valence-electron chi connectivity index (χ0n) is 16.3. The number of hydrogen-bond donors (Lipinski definition) is 0. The number of hydrogen-bond acceptors (Lipinski definition) is 5. The summed E-state index contributed by atoms with van der Waals surface area (Å²) in [5.41, 5.74) is 2.96. The van der Waals surface area contributed by atoms with Crippen LogP contribution in [-0.2, 0) is 11.3 Å². The van der Waals surface area contributed by atoms with Crippen LogP contribution < -0.4 is 4.74 Å². The largest absolute Gasteiger partial charge is 0.497 e. The second-order valence-electron chi connectivity index (χ2n) is 6.78. The second kappa shape index (κ2) is 8.68. The Balaban J connectivity index is 1.52. The van der Waals surface area contributed by atoms with Crippen LogP contribution in [0.25, 0.3) is 17.4 Å². The Hall–Kier alpha value is -2.54. The minimum absolute atomic E-state index is 0.124. The summed E-state index contributed by atoms with van der Waals surface area (Å²) in [6, 6.07) is 17.0. The molecule has 1 fully saturated rings. The Labute approximate surface area is 189 Å². The average Bonchev–Trinajstić information content (AvgIpc) is 3.29. The van der Waals surface area contributed by atoms with Gasteiger partial charge in [-0.05, 0) is 60.5 Å². The van der Waals surface area contributed by atoms with Crippen LogP contribution in [0.1, 0.15) is 16.9 Å². The van der Waals surface area contributed by atoms with Crippen molar-refractivity contribution < 1.29 is 13.9 Å². The van der Waals surface area contributed by atoms with Crippen LogP contribution in [0.15, 0.2) is 63.9 Å². The van der Waals surface area contributed by atoms with E-state index in [-0.39, 0.29) is 5.91 Å². The van der Waals surface area contributed by atoms with E-state index in [9.17, 15) is 4.79 Å². The number of nitrogens with zero attached hydrogens (tertiary/aromatic N) is 1. The highest BCUT2D eigenvalue weighted by Gasteiger charge is 2.32. The highest BCUT2D eigenvalue weighted by molar-refractivity contribution is 8.26. The molecule has 0 radical (unpaired) electrons. The van der Waals surface area contributed by atoms with Gasteiger partial charge in [0.15, 0.2) is 0 Å². The first-order valence-electron chi connectivity index (χ1n) is 9.19. The summed E-state index contributed by atoms with van der Waals surface area (Å²) >= 11 is 12.7. The fourth-order valence-electron chi connectivity index (χ4n) is 3.16. The molecule has 0 aliphatic carbocycles.